The molecule has 0 bridgehead atoms. The fraction of sp³-hybridized carbons (Fsp3) is 0.0714. The third-order valence-corrected chi connectivity index (χ3v) is 5.68. The summed E-state index contributed by atoms with van der Waals surface area (Å²) in [5.74, 6) is -0.891. The molecule has 0 aliphatic heterocycles. The number of hydrogen-bond acceptors (Lipinski definition) is 3. The Morgan fingerprint density at radius 3 is 1.88 bits per heavy atom. The van der Waals surface area contributed by atoms with Gasteiger partial charge in [-0.2, -0.15) is 0 Å². The molecule has 0 aliphatic rings. The van der Waals surface area contributed by atoms with E-state index in [1.54, 1.807) is 6.92 Å². The van der Waals surface area contributed by atoms with Gasteiger partial charge >= 0.3 is 5.97 Å². The van der Waals surface area contributed by atoms with Gasteiger partial charge in [-0.3, -0.25) is 4.79 Å². The molecule has 0 aliphatic carbocycles. The number of hydrogen-bond donors (Lipinski definition) is 1. The van der Waals surface area contributed by atoms with Crippen LogP contribution in [0.25, 0.3) is 32.3 Å². The molecule has 0 saturated heterocycles. The van der Waals surface area contributed by atoms with Crippen LogP contribution in [0.4, 0.5) is 5.69 Å². The van der Waals surface area contributed by atoms with E-state index in [1.165, 1.54) is 0 Å². The van der Waals surface area contributed by atoms with E-state index >= 15 is 0 Å². The maximum atomic E-state index is 13.3. The van der Waals surface area contributed by atoms with Crippen LogP contribution in [0.2, 0.25) is 0 Å². The normalized spacial score (nSPS) is 12.0. The lowest BCUT2D eigenvalue weighted by molar-refractivity contribution is -0.123. The molecule has 0 heterocycles. The monoisotopic (exact) mass is 419 g/mol. The van der Waals surface area contributed by atoms with Crippen LogP contribution in [0.5, 0.6) is 0 Å². The molecule has 0 unspecified atom stereocenters. The largest absolute Gasteiger partial charge is 0.449 e. The molecule has 1 amide bonds. The number of ether oxygens (including phenoxy) is 1. The van der Waals surface area contributed by atoms with Gasteiger partial charge in [0.05, 0.1) is 5.56 Å². The second-order valence-electron chi connectivity index (χ2n) is 7.76. The summed E-state index contributed by atoms with van der Waals surface area (Å²) in [5, 5.41) is 8.36. The summed E-state index contributed by atoms with van der Waals surface area (Å²) in [7, 11) is 0. The molecule has 0 radical (unpaired) electrons. The number of carbonyl (C=O) groups is 2. The highest BCUT2D eigenvalue weighted by atomic mass is 16.5. The Labute approximate surface area is 185 Å². The van der Waals surface area contributed by atoms with E-state index in [4.69, 9.17) is 4.74 Å². The van der Waals surface area contributed by atoms with Gasteiger partial charge in [0.15, 0.2) is 6.10 Å². The summed E-state index contributed by atoms with van der Waals surface area (Å²) < 4.78 is 5.65. The second kappa shape index (κ2) is 8.16. The molecule has 5 rings (SSSR count). The minimum atomic E-state index is -0.959. The van der Waals surface area contributed by atoms with Gasteiger partial charge in [0.25, 0.3) is 5.91 Å². The second-order valence-corrected chi connectivity index (χ2v) is 7.76. The van der Waals surface area contributed by atoms with Crippen LogP contribution in [-0.2, 0) is 9.53 Å². The quantitative estimate of drug-likeness (QED) is 0.274. The molecular formula is C28H21NO3. The van der Waals surface area contributed by atoms with Gasteiger partial charge < -0.3 is 10.1 Å². The van der Waals surface area contributed by atoms with E-state index in [2.05, 4.69) is 11.4 Å². The van der Waals surface area contributed by atoms with E-state index in [0.717, 1.165) is 32.3 Å². The zero-order chi connectivity index (χ0) is 22.1. The molecule has 5 aromatic carbocycles. The molecule has 0 saturated carbocycles. The molecule has 4 heteroatoms. The van der Waals surface area contributed by atoms with Gasteiger partial charge in [-0.15, -0.1) is 0 Å². The van der Waals surface area contributed by atoms with E-state index in [-0.39, 0.29) is 5.91 Å². The molecule has 1 atom stereocenters. The van der Waals surface area contributed by atoms with Crippen molar-refractivity contribution in [3.05, 3.63) is 103 Å². The number of carbonyl (C=O) groups excluding carboxylic acids is 2. The number of benzene rings is 5. The summed E-state index contributed by atoms with van der Waals surface area (Å²) in [6.45, 7) is 1.59. The summed E-state index contributed by atoms with van der Waals surface area (Å²) >= 11 is 0. The first-order chi connectivity index (χ1) is 15.6. The number of amides is 1. The van der Waals surface area contributed by atoms with E-state index < -0.39 is 12.1 Å². The van der Waals surface area contributed by atoms with Gasteiger partial charge in [0, 0.05) is 11.1 Å². The van der Waals surface area contributed by atoms with Crippen LogP contribution in [0.15, 0.2) is 97.1 Å². The third kappa shape index (κ3) is 3.56. The summed E-state index contributed by atoms with van der Waals surface area (Å²) in [5.41, 5.74) is 1.16. The van der Waals surface area contributed by atoms with Crippen LogP contribution in [0.3, 0.4) is 0 Å². The van der Waals surface area contributed by atoms with Crippen molar-refractivity contribution in [3.8, 4) is 0 Å². The predicted molar refractivity (Wildman–Crippen MR) is 129 cm³/mol. The summed E-state index contributed by atoms with van der Waals surface area (Å²) in [6.07, 6.45) is -0.959. The Hall–Kier alpha value is -4.18. The lowest BCUT2D eigenvalue weighted by Crippen LogP contribution is -2.30. The first kappa shape index (κ1) is 19.8. The number of fused-ring (bicyclic) bond motifs is 3. The Morgan fingerprint density at radius 1 is 0.688 bits per heavy atom. The Balaban J connectivity index is 1.44. The van der Waals surface area contributed by atoms with Crippen molar-refractivity contribution < 1.29 is 14.3 Å². The highest BCUT2D eigenvalue weighted by Gasteiger charge is 2.22. The molecule has 0 fully saturated rings. The van der Waals surface area contributed by atoms with Gasteiger partial charge in [-0.05, 0) is 46.0 Å². The fourth-order valence-electron chi connectivity index (χ4n) is 4.08. The first-order valence-electron chi connectivity index (χ1n) is 10.5. The first-order valence-corrected chi connectivity index (χ1v) is 10.5. The number of esters is 1. The topological polar surface area (TPSA) is 55.4 Å². The molecular weight excluding hydrogens is 398 g/mol. The molecule has 0 spiro atoms. The highest BCUT2D eigenvalue weighted by Crippen LogP contribution is 2.29. The SMILES string of the molecule is C[C@@H](OC(=O)c1c2ccccc2cc2ccccc12)C(=O)Nc1cccc2ccccc12. The van der Waals surface area contributed by atoms with E-state index in [9.17, 15) is 9.59 Å². The van der Waals surface area contributed by atoms with Gasteiger partial charge in [0.2, 0.25) is 0 Å². The Morgan fingerprint density at radius 2 is 1.22 bits per heavy atom. The number of rotatable bonds is 4. The molecule has 5 aromatic rings. The van der Waals surface area contributed by atoms with Crippen molar-refractivity contribution in [2.45, 2.75) is 13.0 Å². The zero-order valence-corrected chi connectivity index (χ0v) is 17.5. The van der Waals surface area contributed by atoms with Crippen molar-refractivity contribution in [2.24, 2.45) is 0 Å². The van der Waals surface area contributed by atoms with Crippen molar-refractivity contribution in [1.29, 1.82) is 0 Å². The molecule has 32 heavy (non-hydrogen) atoms. The third-order valence-electron chi connectivity index (χ3n) is 5.68. The minimum Gasteiger partial charge on any atom is -0.449 e. The number of nitrogens with one attached hydrogen (secondary N) is 1. The molecule has 1 N–H and O–H groups in total. The average molecular weight is 419 g/mol. The van der Waals surface area contributed by atoms with Crippen molar-refractivity contribution in [1.82, 2.24) is 0 Å². The lowest BCUT2D eigenvalue weighted by Gasteiger charge is -2.16. The van der Waals surface area contributed by atoms with Crippen LogP contribution in [0.1, 0.15) is 17.3 Å². The zero-order valence-electron chi connectivity index (χ0n) is 17.5. The van der Waals surface area contributed by atoms with Crippen molar-refractivity contribution in [2.75, 3.05) is 5.32 Å². The minimum absolute atomic E-state index is 0.376. The lowest BCUT2D eigenvalue weighted by atomic mass is 9.97. The van der Waals surface area contributed by atoms with Gasteiger partial charge in [0.1, 0.15) is 0 Å². The Bertz CT molecular complexity index is 1430. The average Bonchev–Trinajstić information content (AvgIpc) is 2.82. The van der Waals surface area contributed by atoms with Crippen LogP contribution in [0, 0.1) is 0 Å². The predicted octanol–water partition coefficient (Wildman–Crippen LogP) is 6.33. The van der Waals surface area contributed by atoms with E-state index in [1.807, 2.05) is 91.0 Å². The fourth-order valence-corrected chi connectivity index (χ4v) is 4.08. The molecule has 0 aromatic heterocycles. The number of anilines is 1. The van der Waals surface area contributed by atoms with Crippen LogP contribution in [-0.4, -0.2) is 18.0 Å². The molecule has 156 valence electrons. The van der Waals surface area contributed by atoms with Crippen molar-refractivity contribution in [3.63, 3.8) is 0 Å². The maximum Gasteiger partial charge on any atom is 0.340 e. The van der Waals surface area contributed by atoms with Crippen LogP contribution >= 0.6 is 0 Å². The smallest absolute Gasteiger partial charge is 0.340 e. The van der Waals surface area contributed by atoms with Crippen molar-refractivity contribution >= 4 is 49.9 Å². The van der Waals surface area contributed by atoms with Crippen LogP contribution < -0.4 is 5.32 Å². The molecule has 4 nitrogen and oxygen atoms in total. The van der Waals surface area contributed by atoms with E-state index in [0.29, 0.717) is 11.3 Å². The van der Waals surface area contributed by atoms with Gasteiger partial charge in [-0.25, -0.2) is 4.79 Å². The standard InChI is InChI=1S/C28H21NO3/c1-18(27(30)29-25-16-8-12-19-9-2-5-13-22(19)25)32-28(31)26-23-14-6-3-10-20(23)17-21-11-4-7-15-24(21)26/h2-18H,1H3,(H,29,30)/t18-/m1/s1. The summed E-state index contributed by atoms with van der Waals surface area (Å²) in [6, 6.07) is 31.0. The highest BCUT2D eigenvalue weighted by molar-refractivity contribution is 6.17. The van der Waals surface area contributed by atoms with Gasteiger partial charge in [-0.1, -0.05) is 84.9 Å². The Kier molecular flexibility index (Phi) is 5.04. The summed E-state index contributed by atoms with van der Waals surface area (Å²) in [4.78, 5) is 26.1. The maximum absolute atomic E-state index is 13.3.